The average molecular weight is 399 g/mol. The molecule has 1 heterocycles. The van der Waals surface area contributed by atoms with Crippen LogP contribution in [-0.2, 0) is 11.3 Å². The fraction of sp³-hybridized carbons (Fsp3) is 0.455. The van der Waals surface area contributed by atoms with E-state index in [9.17, 15) is 0 Å². The molecule has 2 N–H and O–H groups in total. The summed E-state index contributed by atoms with van der Waals surface area (Å²) in [5, 5.41) is 6.59. The number of nitrogens with one attached hydrogen (secondary N) is 2. The number of ether oxygens (including phenoxy) is 3. The molecule has 1 fully saturated rings. The quantitative estimate of drug-likeness (QED) is 0.343. The van der Waals surface area contributed by atoms with Crippen molar-refractivity contribution in [2.45, 2.75) is 25.8 Å². The lowest BCUT2D eigenvalue weighted by Gasteiger charge is -2.12. The van der Waals surface area contributed by atoms with Gasteiger partial charge in [0.05, 0.1) is 7.11 Å². The lowest BCUT2D eigenvalue weighted by Crippen LogP contribution is -2.37. The first-order valence-electron chi connectivity index (χ1n) is 10.1. The van der Waals surface area contributed by atoms with Gasteiger partial charge in [-0.3, -0.25) is 4.99 Å². The van der Waals surface area contributed by atoms with Gasteiger partial charge >= 0.3 is 0 Å². The van der Waals surface area contributed by atoms with E-state index in [1.54, 1.807) is 20.4 Å². The van der Waals surface area contributed by atoms with Crippen molar-refractivity contribution in [3.63, 3.8) is 0 Å². The van der Waals surface area contributed by atoms with Crippen molar-refractivity contribution in [2.24, 2.45) is 10.9 Å². The maximum absolute atomic E-state index is 5.75. The van der Waals surface area contributed by atoms with Crippen LogP contribution in [0.5, 0.6) is 17.4 Å². The van der Waals surface area contributed by atoms with Crippen molar-refractivity contribution in [3.05, 3.63) is 48.2 Å². The molecule has 0 amide bonds. The number of benzene rings is 1. The van der Waals surface area contributed by atoms with E-state index in [1.807, 2.05) is 36.4 Å². The zero-order chi connectivity index (χ0) is 20.3. The number of hydrogen-bond donors (Lipinski definition) is 2. The summed E-state index contributed by atoms with van der Waals surface area (Å²) < 4.78 is 16.5. The summed E-state index contributed by atoms with van der Waals surface area (Å²) in [5.41, 5.74) is 1.04. The van der Waals surface area contributed by atoms with E-state index in [1.165, 1.54) is 12.8 Å². The molecule has 0 aliphatic heterocycles. The Balaban J connectivity index is 1.35. The Kier molecular flexibility index (Phi) is 8.12. The second kappa shape index (κ2) is 11.3. The summed E-state index contributed by atoms with van der Waals surface area (Å²) in [6.07, 6.45) is 5.42. The second-order valence-electron chi connectivity index (χ2n) is 7.01. The van der Waals surface area contributed by atoms with Crippen LogP contribution in [0.15, 0.2) is 47.6 Å². The monoisotopic (exact) mass is 398 g/mol. The van der Waals surface area contributed by atoms with E-state index >= 15 is 0 Å². The molecule has 7 nitrogen and oxygen atoms in total. The molecule has 0 atom stereocenters. The largest absolute Gasteiger partial charge is 0.497 e. The van der Waals surface area contributed by atoms with Gasteiger partial charge in [-0.2, -0.15) is 0 Å². The van der Waals surface area contributed by atoms with Crippen molar-refractivity contribution in [3.8, 4) is 17.4 Å². The smallest absolute Gasteiger partial charge is 0.219 e. The molecule has 29 heavy (non-hydrogen) atoms. The molecule has 0 spiro atoms. The number of methoxy groups -OCH3 is 1. The third kappa shape index (κ3) is 7.62. The zero-order valence-corrected chi connectivity index (χ0v) is 17.2. The van der Waals surface area contributed by atoms with Gasteiger partial charge in [-0.25, -0.2) is 4.98 Å². The predicted octanol–water partition coefficient (Wildman–Crippen LogP) is 3.36. The molecule has 156 valence electrons. The van der Waals surface area contributed by atoms with Crippen molar-refractivity contribution < 1.29 is 14.2 Å². The minimum Gasteiger partial charge on any atom is -0.497 e. The first-order chi connectivity index (χ1) is 14.3. The molecular weight excluding hydrogens is 368 g/mol. The van der Waals surface area contributed by atoms with Gasteiger partial charge in [0.1, 0.15) is 11.5 Å². The van der Waals surface area contributed by atoms with Crippen LogP contribution in [-0.4, -0.2) is 44.9 Å². The number of pyridine rings is 1. The van der Waals surface area contributed by atoms with Crippen LogP contribution in [0.3, 0.4) is 0 Å². The number of aromatic nitrogens is 1. The lowest BCUT2D eigenvalue weighted by atomic mass is 10.3. The summed E-state index contributed by atoms with van der Waals surface area (Å²) in [6.45, 7) is 3.17. The Hall–Kier alpha value is -2.80. The average Bonchev–Trinajstić information content (AvgIpc) is 3.59. The molecule has 0 radical (unpaired) electrons. The van der Waals surface area contributed by atoms with Crippen LogP contribution in [0.4, 0.5) is 0 Å². The summed E-state index contributed by atoms with van der Waals surface area (Å²) in [5.74, 6) is 3.65. The Labute approximate surface area is 172 Å². The lowest BCUT2D eigenvalue weighted by molar-refractivity contribution is 0.123. The standard InChI is InChI=1S/C22H30N4O3/c1-23-22(24-12-3-13-28-16-17-4-5-17)26-15-18-6-11-21(25-14-18)29-20-9-7-19(27-2)8-10-20/h6-11,14,17H,3-5,12-13,15-16H2,1-2H3,(H2,23,24,26). The highest BCUT2D eigenvalue weighted by atomic mass is 16.5. The van der Waals surface area contributed by atoms with Crippen LogP contribution in [0.2, 0.25) is 0 Å². The minimum atomic E-state index is 0.549. The molecule has 1 aliphatic rings. The van der Waals surface area contributed by atoms with E-state index in [2.05, 4.69) is 20.6 Å². The van der Waals surface area contributed by atoms with Crippen molar-refractivity contribution in [2.75, 3.05) is 33.9 Å². The van der Waals surface area contributed by atoms with Crippen LogP contribution in [0.1, 0.15) is 24.8 Å². The van der Waals surface area contributed by atoms with Gasteiger partial charge in [0.25, 0.3) is 0 Å². The van der Waals surface area contributed by atoms with E-state index in [0.29, 0.717) is 12.4 Å². The predicted molar refractivity (Wildman–Crippen MR) is 114 cm³/mol. The molecule has 0 bridgehead atoms. The van der Waals surface area contributed by atoms with Crippen molar-refractivity contribution in [1.29, 1.82) is 0 Å². The van der Waals surface area contributed by atoms with E-state index in [0.717, 1.165) is 55.1 Å². The number of hydrogen-bond acceptors (Lipinski definition) is 5. The van der Waals surface area contributed by atoms with Gasteiger partial charge in [0.2, 0.25) is 5.88 Å². The fourth-order valence-corrected chi connectivity index (χ4v) is 2.66. The highest BCUT2D eigenvalue weighted by molar-refractivity contribution is 5.79. The SMILES string of the molecule is CN=C(NCCCOCC1CC1)NCc1ccc(Oc2ccc(OC)cc2)nc1. The first-order valence-corrected chi connectivity index (χ1v) is 10.1. The second-order valence-corrected chi connectivity index (χ2v) is 7.01. The van der Waals surface area contributed by atoms with Gasteiger partial charge in [-0.1, -0.05) is 6.07 Å². The third-order valence-electron chi connectivity index (χ3n) is 4.57. The number of nitrogens with zero attached hydrogens (tertiary/aromatic N) is 2. The molecule has 1 saturated carbocycles. The number of rotatable bonds is 11. The molecule has 3 rings (SSSR count). The van der Waals surface area contributed by atoms with E-state index in [-0.39, 0.29) is 0 Å². The van der Waals surface area contributed by atoms with E-state index in [4.69, 9.17) is 14.2 Å². The topological polar surface area (TPSA) is 77.0 Å². The van der Waals surface area contributed by atoms with Crippen LogP contribution >= 0.6 is 0 Å². The van der Waals surface area contributed by atoms with Crippen molar-refractivity contribution in [1.82, 2.24) is 15.6 Å². The highest BCUT2D eigenvalue weighted by Crippen LogP contribution is 2.28. The van der Waals surface area contributed by atoms with Gasteiger partial charge in [-0.05, 0) is 55.0 Å². The van der Waals surface area contributed by atoms with Gasteiger partial charge in [0, 0.05) is 45.6 Å². The maximum Gasteiger partial charge on any atom is 0.219 e. The van der Waals surface area contributed by atoms with Gasteiger partial charge in [-0.15, -0.1) is 0 Å². The Morgan fingerprint density at radius 3 is 2.55 bits per heavy atom. The number of guanidine groups is 1. The molecule has 1 aliphatic carbocycles. The Morgan fingerprint density at radius 2 is 1.90 bits per heavy atom. The van der Waals surface area contributed by atoms with Gasteiger partial charge in [0.15, 0.2) is 5.96 Å². The first kappa shape index (κ1) is 20.9. The van der Waals surface area contributed by atoms with Crippen LogP contribution in [0, 0.1) is 5.92 Å². The number of aliphatic imine (C=N–C) groups is 1. The van der Waals surface area contributed by atoms with Crippen LogP contribution in [0.25, 0.3) is 0 Å². The van der Waals surface area contributed by atoms with Crippen molar-refractivity contribution >= 4 is 5.96 Å². The summed E-state index contributed by atoms with van der Waals surface area (Å²) in [7, 11) is 3.40. The molecule has 0 saturated heterocycles. The van der Waals surface area contributed by atoms with E-state index < -0.39 is 0 Å². The summed E-state index contributed by atoms with van der Waals surface area (Å²) in [4.78, 5) is 8.61. The molecule has 7 heteroatoms. The third-order valence-corrected chi connectivity index (χ3v) is 4.57. The highest BCUT2D eigenvalue weighted by Gasteiger charge is 2.20. The molecule has 0 unspecified atom stereocenters. The maximum atomic E-state index is 5.75. The summed E-state index contributed by atoms with van der Waals surface area (Å²) in [6, 6.07) is 11.2. The summed E-state index contributed by atoms with van der Waals surface area (Å²) >= 11 is 0. The molecule has 1 aromatic heterocycles. The molecular formula is C22H30N4O3. The zero-order valence-electron chi connectivity index (χ0n) is 17.2. The van der Waals surface area contributed by atoms with Gasteiger partial charge < -0.3 is 24.8 Å². The Morgan fingerprint density at radius 1 is 1.10 bits per heavy atom. The molecule has 1 aromatic carbocycles. The normalized spacial score (nSPS) is 13.8. The fourth-order valence-electron chi connectivity index (χ4n) is 2.66. The van der Waals surface area contributed by atoms with Crippen LogP contribution < -0.4 is 20.1 Å². The molecule has 2 aromatic rings. The minimum absolute atomic E-state index is 0.549. The Bertz CT molecular complexity index is 759.